The number of fused-ring (bicyclic) bond motifs is 1. The molecule has 1 atom stereocenters. The number of thiophene rings is 1. The normalized spacial score (nSPS) is 18.9. The highest BCUT2D eigenvalue weighted by Gasteiger charge is 2.28. The van der Waals surface area contributed by atoms with Crippen LogP contribution in [0.25, 0.3) is 10.2 Å². The number of hydrogen-bond acceptors (Lipinski definition) is 5. The first kappa shape index (κ1) is 15.2. The topological polar surface area (TPSA) is 66.3 Å². The lowest BCUT2D eigenvalue weighted by molar-refractivity contribution is -0.141. The summed E-state index contributed by atoms with van der Waals surface area (Å²) in [5.41, 5.74) is 1.22. The molecule has 0 aromatic carbocycles. The first-order valence-corrected chi connectivity index (χ1v) is 8.57. The molecule has 0 spiro atoms. The van der Waals surface area contributed by atoms with Gasteiger partial charge in [0.05, 0.1) is 11.3 Å². The number of aromatic nitrogens is 2. The highest BCUT2D eigenvalue weighted by Crippen LogP contribution is 2.36. The van der Waals surface area contributed by atoms with Gasteiger partial charge in [0.2, 0.25) is 0 Å². The lowest BCUT2D eigenvalue weighted by Crippen LogP contribution is -2.39. The van der Waals surface area contributed by atoms with E-state index < -0.39 is 5.97 Å². The van der Waals surface area contributed by atoms with E-state index in [1.807, 2.05) is 0 Å². The minimum absolute atomic E-state index is 0.302. The molecule has 0 aliphatic carbocycles. The standard InChI is InChI=1S/C16H21N3O2S/c1-4-12-17-14(13-9(2)10(3)22-15(13)18-12)19-7-5-6-11(8-19)16(20)21/h11H,4-8H2,1-3H3,(H,20,21). The van der Waals surface area contributed by atoms with Crippen molar-refractivity contribution >= 4 is 33.3 Å². The first-order chi connectivity index (χ1) is 10.5. The van der Waals surface area contributed by atoms with Crippen LogP contribution in [0, 0.1) is 19.8 Å². The molecule has 1 N–H and O–H groups in total. The Morgan fingerprint density at radius 2 is 2.18 bits per heavy atom. The van der Waals surface area contributed by atoms with E-state index in [0.29, 0.717) is 6.54 Å². The molecule has 1 aliphatic heterocycles. The van der Waals surface area contributed by atoms with Gasteiger partial charge in [-0.2, -0.15) is 0 Å². The fourth-order valence-corrected chi connectivity index (χ4v) is 4.07. The second-order valence-corrected chi connectivity index (χ2v) is 7.11. The van der Waals surface area contributed by atoms with Crippen molar-refractivity contribution < 1.29 is 9.90 Å². The van der Waals surface area contributed by atoms with Crippen LogP contribution in [0.1, 0.15) is 36.0 Å². The quantitative estimate of drug-likeness (QED) is 0.941. The van der Waals surface area contributed by atoms with Crippen LogP contribution in [-0.4, -0.2) is 34.1 Å². The molecule has 1 aliphatic rings. The van der Waals surface area contributed by atoms with Gasteiger partial charge in [-0.3, -0.25) is 4.79 Å². The van der Waals surface area contributed by atoms with Gasteiger partial charge in [-0.25, -0.2) is 9.97 Å². The molecule has 1 fully saturated rings. The monoisotopic (exact) mass is 319 g/mol. The molecule has 2 aromatic heterocycles. The number of nitrogens with zero attached hydrogens (tertiary/aromatic N) is 3. The second-order valence-electron chi connectivity index (χ2n) is 5.90. The van der Waals surface area contributed by atoms with Gasteiger partial charge in [0.1, 0.15) is 16.5 Å². The number of aliphatic carboxylic acids is 1. The van der Waals surface area contributed by atoms with Crippen LogP contribution >= 0.6 is 11.3 Å². The zero-order valence-corrected chi connectivity index (χ0v) is 14.0. The maximum atomic E-state index is 11.3. The van der Waals surface area contributed by atoms with Crippen molar-refractivity contribution in [1.29, 1.82) is 0 Å². The van der Waals surface area contributed by atoms with Crippen LogP contribution in [0.3, 0.4) is 0 Å². The summed E-state index contributed by atoms with van der Waals surface area (Å²) in [6, 6.07) is 0. The van der Waals surface area contributed by atoms with Crippen LogP contribution in [0.15, 0.2) is 0 Å². The summed E-state index contributed by atoms with van der Waals surface area (Å²) in [5.74, 6) is 0.753. The molecule has 3 rings (SSSR count). The fourth-order valence-electron chi connectivity index (χ4n) is 3.03. The smallest absolute Gasteiger partial charge is 0.308 e. The van der Waals surface area contributed by atoms with Gasteiger partial charge in [0.15, 0.2) is 0 Å². The second kappa shape index (κ2) is 5.83. The van der Waals surface area contributed by atoms with Crippen LogP contribution in [-0.2, 0) is 11.2 Å². The van der Waals surface area contributed by atoms with Crippen LogP contribution in [0.2, 0.25) is 0 Å². The average Bonchev–Trinajstić information content (AvgIpc) is 2.81. The predicted molar refractivity (Wildman–Crippen MR) is 88.8 cm³/mol. The molecule has 5 nitrogen and oxygen atoms in total. The van der Waals surface area contributed by atoms with Crippen molar-refractivity contribution in [3.05, 3.63) is 16.3 Å². The molecule has 22 heavy (non-hydrogen) atoms. The summed E-state index contributed by atoms with van der Waals surface area (Å²) in [4.78, 5) is 25.1. The van der Waals surface area contributed by atoms with E-state index in [1.165, 1.54) is 10.4 Å². The molecule has 0 amide bonds. The Balaban J connectivity index is 2.10. The van der Waals surface area contributed by atoms with Gasteiger partial charge in [0, 0.05) is 24.4 Å². The lowest BCUT2D eigenvalue weighted by Gasteiger charge is -2.32. The van der Waals surface area contributed by atoms with E-state index in [9.17, 15) is 9.90 Å². The number of carboxylic acids is 1. The Bertz CT molecular complexity index is 726. The minimum Gasteiger partial charge on any atom is -0.481 e. The number of carbonyl (C=O) groups is 1. The Labute approximate surface area is 134 Å². The highest BCUT2D eigenvalue weighted by molar-refractivity contribution is 7.18. The molecular formula is C16H21N3O2S. The molecule has 0 saturated carbocycles. The summed E-state index contributed by atoms with van der Waals surface area (Å²) in [7, 11) is 0. The van der Waals surface area contributed by atoms with Crippen molar-refractivity contribution in [2.75, 3.05) is 18.0 Å². The third kappa shape index (κ3) is 2.56. The number of carboxylic acid groups (broad SMARTS) is 1. The summed E-state index contributed by atoms with van der Waals surface area (Å²) in [6.07, 6.45) is 2.43. The number of piperidine rings is 1. The maximum absolute atomic E-state index is 11.3. The number of aryl methyl sites for hydroxylation is 3. The number of rotatable bonds is 3. The van der Waals surface area contributed by atoms with Gasteiger partial charge >= 0.3 is 5.97 Å². The number of hydrogen-bond donors (Lipinski definition) is 1. The van der Waals surface area contributed by atoms with E-state index in [1.54, 1.807) is 11.3 Å². The van der Waals surface area contributed by atoms with Gasteiger partial charge in [-0.15, -0.1) is 11.3 Å². The van der Waals surface area contributed by atoms with Crippen molar-refractivity contribution in [2.24, 2.45) is 5.92 Å². The van der Waals surface area contributed by atoms with Crippen molar-refractivity contribution in [3.63, 3.8) is 0 Å². The fraction of sp³-hybridized carbons (Fsp3) is 0.562. The zero-order valence-electron chi connectivity index (χ0n) is 13.2. The van der Waals surface area contributed by atoms with E-state index in [2.05, 4.69) is 30.7 Å². The molecule has 118 valence electrons. The van der Waals surface area contributed by atoms with Gasteiger partial charge in [0.25, 0.3) is 0 Å². The molecule has 1 unspecified atom stereocenters. The Hall–Kier alpha value is -1.69. The lowest BCUT2D eigenvalue weighted by atomic mass is 9.98. The van der Waals surface area contributed by atoms with E-state index in [4.69, 9.17) is 4.98 Å². The summed E-state index contributed by atoms with van der Waals surface area (Å²) < 4.78 is 0. The summed E-state index contributed by atoms with van der Waals surface area (Å²) in [5, 5.41) is 10.4. The Morgan fingerprint density at radius 3 is 2.86 bits per heavy atom. The Morgan fingerprint density at radius 1 is 1.41 bits per heavy atom. The first-order valence-electron chi connectivity index (χ1n) is 7.75. The molecule has 0 bridgehead atoms. The summed E-state index contributed by atoms with van der Waals surface area (Å²) >= 11 is 1.70. The van der Waals surface area contributed by atoms with E-state index in [0.717, 1.165) is 47.7 Å². The van der Waals surface area contributed by atoms with Crippen LogP contribution < -0.4 is 4.90 Å². The maximum Gasteiger partial charge on any atom is 0.308 e. The average molecular weight is 319 g/mol. The van der Waals surface area contributed by atoms with Crippen LogP contribution in [0.5, 0.6) is 0 Å². The molecule has 3 heterocycles. The molecule has 6 heteroatoms. The highest BCUT2D eigenvalue weighted by atomic mass is 32.1. The van der Waals surface area contributed by atoms with Crippen LogP contribution in [0.4, 0.5) is 5.82 Å². The van der Waals surface area contributed by atoms with Gasteiger partial charge in [-0.1, -0.05) is 6.92 Å². The predicted octanol–water partition coefficient (Wildman–Crippen LogP) is 3.17. The minimum atomic E-state index is -0.705. The molecule has 0 radical (unpaired) electrons. The van der Waals surface area contributed by atoms with Crippen molar-refractivity contribution in [2.45, 2.75) is 40.0 Å². The molecule has 2 aromatic rings. The Kier molecular flexibility index (Phi) is 4.04. The third-order valence-corrected chi connectivity index (χ3v) is 5.54. The molecule has 1 saturated heterocycles. The van der Waals surface area contributed by atoms with Crippen molar-refractivity contribution in [1.82, 2.24) is 9.97 Å². The largest absolute Gasteiger partial charge is 0.481 e. The summed E-state index contributed by atoms with van der Waals surface area (Å²) in [6.45, 7) is 7.67. The zero-order chi connectivity index (χ0) is 15.9. The van der Waals surface area contributed by atoms with E-state index >= 15 is 0 Å². The number of anilines is 1. The van der Waals surface area contributed by atoms with Gasteiger partial charge < -0.3 is 10.0 Å². The molecular weight excluding hydrogens is 298 g/mol. The SMILES string of the molecule is CCc1nc(N2CCCC(C(=O)O)C2)c2c(C)c(C)sc2n1. The third-order valence-electron chi connectivity index (χ3n) is 4.44. The van der Waals surface area contributed by atoms with E-state index in [-0.39, 0.29) is 5.92 Å². The van der Waals surface area contributed by atoms with Gasteiger partial charge in [-0.05, 0) is 32.3 Å². The van der Waals surface area contributed by atoms with Crippen molar-refractivity contribution in [3.8, 4) is 0 Å².